The van der Waals surface area contributed by atoms with Crippen molar-refractivity contribution in [1.29, 1.82) is 0 Å². The predicted octanol–water partition coefficient (Wildman–Crippen LogP) is 1.14. The molecule has 0 aliphatic heterocycles. The predicted molar refractivity (Wildman–Crippen MR) is 46.1 cm³/mol. The molecule has 1 rings (SSSR count). The number of carbonyl (C=O) groups excluding carboxylic acids is 1. The molecule has 0 aromatic heterocycles. The molecular formula is C7H5BrOSe. The van der Waals surface area contributed by atoms with Gasteiger partial charge in [0.1, 0.15) is 0 Å². The van der Waals surface area contributed by atoms with Gasteiger partial charge in [-0.2, -0.15) is 0 Å². The summed E-state index contributed by atoms with van der Waals surface area (Å²) in [6, 6.07) is 7.58. The maximum absolute atomic E-state index is 10.4. The molecule has 10 heavy (non-hydrogen) atoms. The van der Waals surface area contributed by atoms with Gasteiger partial charge in [0.05, 0.1) is 0 Å². The molecule has 0 spiro atoms. The van der Waals surface area contributed by atoms with Crippen LogP contribution < -0.4 is 4.46 Å². The molecule has 0 saturated carbocycles. The average molecular weight is 264 g/mol. The first-order chi connectivity index (χ1) is 4.88. The van der Waals surface area contributed by atoms with Crippen LogP contribution in [0.15, 0.2) is 24.3 Å². The van der Waals surface area contributed by atoms with E-state index in [1.54, 1.807) is 0 Å². The van der Waals surface area contributed by atoms with Gasteiger partial charge in [0.2, 0.25) is 0 Å². The SMILES string of the molecule is O=Cc1ccccc1[Se]Br. The van der Waals surface area contributed by atoms with Crippen LogP contribution in [-0.4, -0.2) is 19.4 Å². The molecule has 1 aromatic carbocycles. The number of hydrogen-bond acceptors (Lipinski definition) is 1. The van der Waals surface area contributed by atoms with Crippen LogP contribution in [0.3, 0.4) is 0 Å². The van der Waals surface area contributed by atoms with Gasteiger partial charge in [-0.05, 0) is 0 Å². The molecule has 0 fully saturated rings. The van der Waals surface area contributed by atoms with Gasteiger partial charge in [0.15, 0.2) is 0 Å². The summed E-state index contributed by atoms with van der Waals surface area (Å²) in [6.45, 7) is 0. The molecule has 1 aromatic rings. The molecule has 0 saturated heterocycles. The van der Waals surface area contributed by atoms with Gasteiger partial charge in [-0.1, -0.05) is 0 Å². The van der Waals surface area contributed by atoms with Gasteiger partial charge in [0, 0.05) is 0 Å². The second kappa shape index (κ2) is 3.91. The van der Waals surface area contributed by atoms with E-state index in [0.29, 0.717) is 0 Å². The zero-order valence-corrected chi connectivity index (χ0v) is 8.38. The van der Waals surface area contributed by atoms with Crippen molar-refractivity contribution in [2.45, 2.75) is 0 Å². The Kier molecular flexibility index (Phi) is 3.13. The maximum atomic E-state index is 10.4. The normalized spacial score (nSPS) is 9.30. The van der Waals surface area contributed by atoms with Gasteiger partial charge < -0.3 is 0 Å². The van der Waals surface area contributed by atoms with E-state index in [2.05, 4.69) is 14.1 Å². The van der Waals surface area contributed by atoms with E-state index in [9.17, 15) is 4.79 Å². The summed E-state index contributed by atoms with van der Waals surface area (Å²) in [6.07, 6.45) is 0.887. The third kappa shape index (κ3) is 1.69. The number of rotatable bonds is 2. The second-order valence-electron chi connectivity index (χ2n) is 1.73. The summed E-state index contributed by atoms with van der Waals surface area (Å²) >= 11 is 3.59. The van der Waals surface area contributed by atoms with Crippen molar-refractivity contribution < 1.29 is 4.79 Å². The van der Waals surface area contributed by atoms with Crippen LogP contribution in [0.2, 0.25) is 0 Å². The van der Waals surface area contributed by atoms with Crippen LogP contribution in [0.25, 0.3) is 0 Å². The Morgan fingerprint density at radius 2 is 2.10 bits per heavy atom. The van der Waals surface area contributed by atoms with E-state index in [0.717, 1.165) is 16.3 Å². The number of aldehydes is 1. The molecule has 0 atom stereocenters. The number of hydrogen-bond donors (Lipinski definition) is 0. The fourth-order valence-corrected chi connectivity index (χ4v) is 2.88. The first-order valence-corrected chi connectivity index (χ1v) is 7.58. The van der Waals surface area contributed by atoms with Crippen LogP contribution in [0.4, 0.5) is 0 Å². The van der Waals surface area contributed by atoms with Crippen LogP contribution in [-0.2, 0) is 0 Å². The van der Waals surface area contributed by atoms with Crippen molar-refractivity contribution in [3.05, 3.63) is 29.8 Å². The first-order valence-electron chi connectivity index (χ1n) is 2.71. The molecule has 52 valence electrons. The summed E-state index contributed by atoms with van der Waals surface area (Å²) in [5, 5.41) is 0. The van der Waals surface area contributed by atoms with Crippen LogP contribution >= 0.6 is 14.1 Å². The molecule has 0 bridgehead atoms. The Balaban J connectivity index is 3.08. The van der Waals surface area contributed by atoms with Crippen molar-refractivity contribution in [2.75, 3.05) is 0 Å². The summed E-state index contributed by atoms with van der Waals surface area (Å²) in [7, 11) is 0. The average Bonchev–Trinajstić information content (AvgIpc) is 2.04. The quantitative estimate of drug-likeness (QED) is 0.578. The van der Waals surface area contributed by atoms with Gasteiger partial charge in [-0.15, -0.1) is 0 Å². The third-order valence-electron chi connectivity index (χ3n) is 1.13. The standard InChI is InChI=1S/C7H5BrOSe/c8-10-7-4-2-1-3-6(7)5-9/h1-5H. The Morgan fingerprint density at radius 3 is 2.60 bits per heavy atom. The van der Waals surface area contributed by atoms with Crippen LogP contribution in [0.5, 0.6) is 0 Å². The fourth-order valence-electron chi connectivity index (χ4n) is 0.648. The number of benzene rings is 1. The molecule has 0 radical (unpaired) electrons. The van der Waals surface area contributed by atoms with Crippen molar-refractivity contribution in [2.24, 2.45) is 0 Å². The van der Waals surface area contributed by atoms with Gasteiger partial charge in [-0.3, -0.25) is 0 Å². The van der Waals surface area contributed by atoms with Crippen LogP contribution in [0, 0.1) is 0 Å². The molecule has 0 aliphatic rings. The molecule has 0 unspecified atom stereocenters. The molecule has 3 heteroatoms. The van der Waals surface area contributed by atoms with Crippen molar-refractivity contribution in [3.8, 4) is 0 Å². The summed E-state index contributed by atoms with van der Waals surface area (Å²) in [4.78, 5) is 10.4. The molecule has 0 N–H and O–H groups in total. The van der Waals surface area contributed by atoms with Gasteiger partial charge in [0.25, 0.3) is 0 Å². The molecular weight excluding hydrogens is 259 g/mol. The van der Waals surface area contributed by atoms with E-state index >= 15 is 0 Å². The number of halogens is 1. The zero-order valence-electron chi connectivity index (χ0n) is 5.08. The minimum atomic E-state index is 0.241. The van der Waals surface area contributed by atoms with E-state index in [1.165, 1.54) is 0 Å². The Hall–Kier alpha value is -0.111. The summed E-state index contributed by atoms with van der Waals surface area (Å²) in [5.74, 6) is 0. The Labute approximate surface area is 72.7 Å². The first kappa shape index (κ1) is 7.99. The molecule has 0 heterocycles. The van der Waals surface area contributed by atoms with E-state index in [-0.39, 0.29) is 13.1 Å². The molecule has 0 aliphatic carbocycles. The summed E-state index contributed by atoms with van der Waals surface area (Å²) in [5.41, 5.74) is 0.791. The minimum absolute atomic E-state index is 0.241. The monoisotopic (exact) mass is 264 g/mol. The zero-order chi connectivity index (χ0) is 7.40. The Morgan fingerprint density at radius 1 is 1.40 bits per heavy atom. The topological polar surface area (TPSA) is 17.1 Å². The summed E-state index contributed by atoms with van der Waals surface area (Å²) < 4.78 is 1.10. The molecule has 0 amide bonds. The fraction of sp³-hybridized carbons (Fsp3) is 0. The van der Waals surface area contributed by atoms with E-state index in [1.807, 2.05) is 24.3 Å². The number of carbonyl (C=O) groups is 1. The van der Waals surface area contributed by atoms with Crippen molar-refractivity contribution >= 4 is 38.0 Å². The van der Waals surface area contributed by atoms with Crippen molar-refractivity contribution in [3.63, 3.8) is 0 Å². The second-order valence-corrected chi connectivity index (χ2v) is 4.66. The van der Waals surface area contributed by atoms with E-state index in [4.69, 9.17) is 0 Å². The van der Waals surface area contributed by atoms with E-state index < -0.39 is 0 Å². The van der Waals surface area contributed by atoms with Gasteiger partial charge >= 0.3 is 72.6 Å². The molecule has 1 nitrogen and oxygen atoms in total. The van der Waals surface area contributed by atoms with Gasteiger partial charge in [-0.25, -0.2) is 0 Å². The Bertz CT molecular complexity index is 237. The van der Waals surface area contributed by atoms with Crippen LogP contribution in [0.1, 0.15) is 10.4 Å². The third-order valence-corrected chi connectivity index (χ3v) is 4.07. The van der Waals surface area contributed by atoms with Crippen molar-refractivity contribution in [1.82, 2.24) is 0 Å².